The second-order valence-electron chi connectivity index (χ2n) is 3.61. The first kappa shape index (κ1) is 12.4. The molecule has 86 valence electrons. The largest absolute Gasteiger partial charge is 0.306 e. The lowest BCUT2D eigenvalue weighted by atomic mass is 10.1. The van der Waals surface area contributed by atoms with Crippen molar-refractivity contribution in [3.05, 3.63) is 29.8 Å². The number of benzene rings is 1. The summed E-state index contributed by atoms with van der Waals surface area (Å²) in [5.41, 5.74) is 1.82. The van der Waals surface area contributed by atoms with E-state index in [9.17, 15) is 9.59 Å². The van der Waals surface area contributed by atoms with Crippen LogP contribution in [0.1, 0.15) is 25.8 Å². The summed E-state index contributed by atoms with van der Waals surface area (Å²) in [7, 11) is 0. The Labute approximate surface area is 96.1 Å². The van der Waals surface area contributed by atoms with Crippen molar-refractivity contribution in [3.8, 4) is 0 Å². The molecular weight excluding hydrogens is 202 g/mol. The molecule has 3 nitrogen and oxygen atoms in total. The van der Waals surface area contributed by atoms with E-state index in [-0.39, 0.29) is 12.2 Å². The Hall–Kier alpha value is -1.64. The highest BCUT2D eigenvalue weighted by molar-refractivity contribution is 6.41. The lowest BCUT2D eigenvalue weighted by Gasteiger charge is -2.21. The fourth-order valence-corrected chi connectivity index (χ4v) is 1.59. The molecule has 0 N–H and O–H groups in total. The summed E-state index contributed by atoms with van der Waals surface area (Å²) < 4.78 is 0. The zero-order chi connectivity index (χ0) is 12.1. The van der Waals surface area contributed by atoms with Crippen molar-refractivity contribution in [1.82, 2.24) is 0 Å². The van der Waals surface area contributed by atoms with E-state index < -0.39 is 5.91 Å². The molecule has 0 saturated heterocycles. The predicted molar refractivity (Wildman–Crippen MR) is 64.5 cm³/mol. The molecule has 1 amide bonds. The van der Waals surface area contributed by atoms with E-state index in [1.54, 1.807) is 6.92 Å². The van der Waals surface area contributed by atoms with E-state index in [2.05, 4.69) is 0 Å². The molecule has 1 aromatic rings. The van der Waals surface area contributed by atoms with Gasteiger partial charge in [0.05, 0.1) is 0 Å². The van der Waals surface area contributed by atoms with Crippen LogP contribution in [0.5, 0.6) is 0 Å². The highest BCUT2D eigenvalue weighted by Gasteiger charge is 2.20. The number of aryl methyl sites for hydroxylation is 1. The third-order valence-corrected chi connectivity index (χ3v) is 2.53. The second kappa shape index (κ2) is 5.45. The Morgan fingerprint density at radius 3 is 2.31 bits per heavy atom. The lowest BCUT2D eigenvalue weighted by Crippen LogP contribution is -2.36. The zero-order valence-corrected chi connectivity index (χ0v) is 9.99. The van der Waals surface area contributed by atoms with Crippen molar-refractivity contribution in [3.63, 3.8) is 0 Å². The Balaban J connectivity index is 3.04. The predicted octanol–water partition coefficient (Wildman–Crippen LogP) is 2.33. The highest BCUT2D eigenvalue weighted by Crippen LogP contribution is 2.19. The normalized spacial score (nSPS) is 9.94. The minimum atomic E-state index is -0.417. The van der Waals surface area contributed by atoms with Crippen LogP contribution in [0.3, 0.4) is 0 Å². The van der Waals surface area contributed by atoms with Crippen molar-refractivity contribution in [1.29, 1.82) is 0 Å². The van der Waals surface area contributed by atoms with Crippen molar-refractivity contribution in [2.24, 2.45) is 0 Å². The third-order valence-electron chi connectivity index (χ3n) is 2.53. The molecule has 0 radical (unpaired) electrons. The number of rotatable bonds is 4. The maximum Gasteiger partial charge on any atom is 0.294 e. The minimum absolute atomic E-state index is 0.251. The van der Waals surface area contributed by atoms with E-state index >= 15 is 0 Å². The molecule has 0 aliphatic heterocycles. The molecule has 0 fully saturated rings. The number of hydrogen-bond donors (Lipinski definition) is 0. The fourth-order valence-electron chi connectivity index (χ4n) is 1.59. The van der Waals surface area contributed by atoms with Gasteiger partial charge in [-0.2, -0.15) is 0 Å². The SMILES string of the molecule is CCC(=O)C(=O)N(CC)c1ccccc1C. The van der Waals surface area contributed by atoms with Gasteiger partial charge in [-0.3, -0.25) is 9.59 Å². The third kappa shape index (κ3) is 2.48. The van der Waals surface area contributed by atoms with Gasteiger partial charge >= 0.3 is 0 Å². The monoisotopic (exact) mass is 219 g/mol. The summed E-state index contributed by atoms with van der Waals surface area (Å²) >= 11 is 0. The van der Waals surface area contributed by atoms with Gasteiger partial charge in [-0.25, -0.2) is 0 Å². The Morgan fingerprint density at radius 1 is 1.19 bits per heavy atom. The highest BCUT2D eigenvalue weighted by atomic mass is 16.2. The van der Waals surface area contributed by atoms with E-state index in [1.165, 1.54) is 4.90 Å². The van der Waals surface area contributed by atoms with Crippen LogP contribution >= 0.6 is 0 Å². The molecule has 0 saturated carbocycles. The summed E-state index contributed by atoms with van der Waals surface area (Å²) in [6.45, 7) is 6.01. The topological polar surface area (TPSA) is 37.4 Å². The molecule has 0 bridgehead atoms. The number of hydrogen-bond acceptors (Lipinski definition) is 2. The standard InChI is InChI=1S/C13H17NO2/c1-4-12(15)13(16)14(5-2)11-9-7-6-8-10(11)3/h6-9H,4-5H2,1-3H3. The second-order valence-corrected chi connectivity index (χ2v) is 3.61. The van der Waals surface area contributed by atoms with Crippen LogP contribution in [0.2, 0.25) is 0 Å². The Morgan fingerprint density at radius 2 is 1.81 bits per heavy atom. The van der Waals surface area contributed by atoms with E-state index in [0.717, 1.165) is 11.3 Å². The Kier molecular flexibility index (Phi) is 4.23. The summed E-state index contributed by atoms with van der Waals surface area (Å²) in [6, 6.07) is 7.58. The molecule has 1 rings (SSSR count). The summed E-state index contributed by atoms with van der Waals surface area (Å²) in [4.78, 5) is 24.8. The Bertz CT molecular complexity index is 399. The lowest BCUT2D eigenvalue weighted by molar-refractivity contribution is -0.136. The number of amides is 1. The summed E-state index contributed by atoms with van der Waals surface area (Å²) in [6.07, 6.45) is 0.251. The quantitative estimate of drug-likeness (QED) is 0.729. The number of anilines is 1. The van der Waals surface area contributed by atoms with Gasteiger partial charge in [0.2, 0.25) is 5.78 Å². The van der Waals surface area contributed by atoms with E-state index in [1.807, 2.05) is 38.1 Å². The molecule has 0 aliphatic carbocycles. The van der Waals surface area contributed by atoms with Gasteiger partial charge in [0.25, 0.3) is 5.91 Å². The van der Waals surface area contributed by atoms with Crippen LogP contribution < -0.4 is 4.90 Å². The van der Waals surface area contributed by atoms with Crippen molar-refractivity contribution >= 4 is 17.4 Å². The average Bonchev–Trinajstić information content (AvgIpc) is 2.31. The molecule has 3 heteroatoms. The summed E-state index contributed by atoms with van der Waals surface area (Å²) in [5.74, 6) is -0.760. The van der Waals surface area contributed by atoms with Gasteiger partial charge in [-0.15, -0.1) is 0 Å². The minimum Gasteiger partial charge on any atom is -0.306 e. The molecule has 0 atom stereocenters. The van der Waals surface area contributed by atoms with Gasteiger partial charge < -0.3 is 4.90 Å². The van der Waals surface area contributed by atoms with Crippen LogP contribution in [-0.2, 0) is 9.59 Å². The van der Waals surface area contributed by atoms with Gasteiger partial charge in [0.15, 0.2) is 0 Å². The molecule has 0 unspecified atom stereocenters. The molecule has 0 aliphatic rings. The number of Topliss-reactive ketones (excluding diaryl/α,β-unsaturated/α-hetero) is 1. The van der Waals surface area contributed by atoms with E-state index in [4.69, 9.17) is 0 Å². The molecule has 0 aromatic heterocycles. The number of ketones is 1. The van der Waals surface area contributed by atoms with Crippen LogP contribution in [0.25, 0.3) is 0 Å². The zero-order valence-electron chi connectivity index (χ0n) is 9.99. The first-order chi connectivity index (χ1) is 7.61. The number of carbonyl (C=O) groups is 2. The first-order valence-electron chi connectivity index (χ1n) is 5.52. The fraction of sp³-hybridized carbons (Fsp3) is 0.385. The average molecular weight is 219 g/mol. The van der Waals surface area contributed by atoms with Gasteiger partial charge in [0, 0.05) is 18.7 Å². The first-order valence-corrected chi connectivity index (χ1v) is 5.52. The van der Waals surface area contributed by atoms with Crippen LogP contribution in [0.4, 0.5) is 5.69 Å². The van der Waals surface area contributed by atoms with Crippen LogP contribution in [0, 0.1) is 6.92 Å². The maximum atomic E-state index is 11.8. The molecule has 0 spiro atoms. The van der Waals surface area contributed by atoms with Gasteiger partial charge in [-0.1, -0.05) is 25.1 Å². The van der Waals surface area contributed by atoms with Crippen molar-refractivity contribution in [2.45, 2.75) is 27.2 Å². The maximum absolute atomic E-state index is 11.8. The number of nitrogens with zero attached hydrogens (tertiary/aromatic N) is 1. The number of para-hydroxylation sites is 1. The van der Waals surface area contributed by atoms with Crippen LogP contribution in [-0.4, -0.2) is 18.2 Å². The van der Waals surface area contributed by atoms with Gasteiger partial charge in [0.1, 0.15) is 0 Å². The van der Waals surface area contributed by atoms with Gasteiger partial charge in [-0.05, 0) is 25.5 Å². The van der Waals surface area contributed by atoms with E-state index in [0.29, 0.717) is 6.54 Å². The van der Waals surface area contributed by atoms with Crippen molar-refractivity contribution < 1.29 is 9.59 Å². The molecule has 16 heavy (non-hydrogen) atoms. The molecular formula is C13H17NO2. The van der Waals surface area contributed by atoms with Crippen LogP contribution in [0.15, 0.2) is 24.3 Å². The summed E-state index contributed by atoms with van der Waals surface area (Å²) in [5, 5.41) is 0. The number of likely N-dealkylation sites (N-methyl/N-ethyl adjacent to an activating group) is 1. The number of carbonyl (C=O) groups excluding carboxylic acids is 2. The molecule has 1 aromatic carbocycles. The van der Waals surface area contributed by atoms with Crippen molar-refractivity contribution in [2.75, 3.05) is 11.4 Å². The molecule has 0 heterocycles. The smallest absolute Gasteiger partial charge is 0.294 e.